The van der Waals surface area contributed by atoms with Gasteiger partial charge in [-0.1, -0.05) is 13.3 Å². The maximum absolute atomic E-state index is 11.7. The van der Waals surface area contributed by atoms with E-state index in [1.54, 1.807) is 0 Å². The van der Waals surface area contributed by atoms with Gasteiger partial charge in [-0.15, -0.1) is 0 Å². The molecule has 1 fully saturated rings. The van der Waals surface area contributed by atoms with E-state index in [9.17, 15) is 4.79 Å². The number of hydrogen-bond acceptors (Lipinski definition) is 2. The standard InChI is InChI=1S/C16H24N2O/c1-3-4-7-16(19)17-15-9-8-14(12-13(15)2)18-10-5-6-11-18/h8-9,12H,3-7,10-11H2,1-2H3,(H,17,19). The summed E-state index contributed by atoms with van der Waals surface area (Å²) in [4.78, 5) is 14.2. The minimum Gasteiger partial charge on any atom is -0.372 e. The number of rotatable bonds is 5. The van der Waals surface area contributed by atoms with E-state index in [4.69, 9.17) is 0 Å². The first kappa shape index (κ1) is 13.9. The zero-order chi connectivity index (χ0) is 13.7. The third-order valence-corrected chi connectivity index (χ3v) is 3.71. The molecule has 0 aliphatic carbocycles. The topological polar surface area (TPSA) is 32.3 Å². The van der Waals surface area contributed by atoms with Crippen LogP contribution in [0.15, 0.2) is 18.2 Å². The number of anilines is 2. The van der Waals surface area contributed by atoms with Crippen LogP contribution in [0, 0.1) is 6.92 Å². The number of nitrogens with one attached hydrogen (secondary N) is 1. The Morgan fingerprint density at radius 2 is 2.05 bits per heavy atom. The second kappa shape index (κ2) is 6.60. The summed E-state index contributed by atoms with van der Waals surface area (Å²) in [5.41, 5.74) is 3.37. The largest absolute Gasteiger partial charge is 0.372 e. The van der Waals surface area contributed by atoms with Gasteiger partial charge >= 0.3 is 0 Å². The average Bonchev–Trinajstić information content (AvgIpc) is 2.92. The fourth-order valence-corrected chi connectivity index (χ4v) is 2.51. The first-order valence-corrected chi connectivity index (χ1v) is 7.36. The van der Waals surface area contributed by atoms with Crippen LogP contribution in [0.4, 0.5) is 11.4 Å². The van der Waals surface area contributed by atoms with Gasteiger partial charge in [0.1, 0.15) is 0 Å². The monoisotopic (exact) mass is 260 g/mol. The molecule has 0 saturated carbocycles. The van der Waals surface area contributed by atoms with Crippen molar-refractivity contribution in [2.75, 3.05) is 23.3 Å². The fraction of sp³-hybridized carbons (Fsp3) is 0.562. The van der Waals surface area contributed by atoms with Crippen LogP contribution >= 0.6 is 0 Å². The summed E-state index contributed by atoms with van der Waals surface area (Å²) in [5.74, 6) is 0.124. The molecule has 1 aliphatic rings. The Bertz CT molecular complexity index is 436. The van der Waals surface area contributed by atoms with Crippen molar-refractivity contribution >= 4 is 17.3 Å². The molecular weight excluding hydrogens is 236 g/mol. The predicted molar refractivity (Wildman–Crippen MR) is 80.8 cm³/mol. The zero-order valence-electron chi connectivity index (χ0n) is 12.0. The van der Waals surface area contributed by atoms with Crippen LogP contribution in [0.5, 0.6) is 0 Å². The predicted octanol–water partition coefficient (Wildman–Crippen LogP) is 3.72. The molecule has 1 saturated heterocycles. The van der Waals surface area contributed by atoms with Crippen LogP contribution in [0.2, 0.25) is 0 Å². The van der Waals surface area contributed by atoms with Crippen LogP contribution in [0.3, 0.4) is 0 Å². The summed E-state index contributed by atoms with van der Waals surface area (Å²) in [6.45, 7) is 6.47. The maximum atomic E-state index is 11.7. The summed E-state index contributed by atoms with van der Waals surface area (Å²) >= 11 is 0. The average molecular weight is 260 g/mol. The van der Waals surface area contributed by atoms with E-state index in [0.29, 0.717) is 6.42 Å². The molecule has 19 heavy (non-hydrogen) atoms. The third kappa shape index (κ3) is 3.72. The number of amides is 1. The van der Waals surface area contributed by atoms with E-state index in [2.05, 4.69) is 36.2 Å². The molecule has 1 amide bonds. The van der Waals surface area contributed by atoms with Crippen LogP contribution in [-0.4, -0.2) is 19.0 Å². The Morgan fingerprint density at radius 1 is 1.32 bits per heavy atom. The van der Waals surface area contributed by atoms with Crippen LogP contribution < -0.4 is 10.2 Å². The number of nitrogens with zero attached hydrogens (tertiary/aromatic N) is 1. The molecule has 0 unspecified atom stereocenters. The van der Waals surface area contributed by atoms with Crippen LogP contribution in [0.1, 0.15) is 44.6 Å². The Balaban J connectivity index is 2.00. The summed E-state index contributed by atoms with van der Waals surface area (Å²) < 4.78 is 0. The van der Waals surface area contributed by atoms with Gasteiger partial charge in [-0.05, 0) is 49.9 Å². The van der Waals surface area contributed by atoms with Gasteiger partial charge in [0, 0.05) is 30.9 Å². The van der Waals surface area contributed by atoms with Crippen molar-refractivity contribution in [2.45, 2.75) is 46.0 Å². The molecular formula is C16H24N2O. The molecule has 0 aromatic heterocycles. The summed E-state index contributed by atoms with van der Waals surface area (Å²) in [6.07, 6.45) is 5.20. The minimum atomic E-state index is 0.124. The van der Waals surface area contributed by atoms with Crippen molar-refractivity contribution in [3.63, 3.8) is 0 Å². The number of benzene rings is 1. The van der Waals surface area contributed by atoms with Gasteiger partial charge in [0.15, 0.2) is 0 Å². The highest BCUT2D eigenvalue weighted by molar-refractivity contribution is 5.91. The Hall–Kier alpha value is -1.51. The molecule has 0 spiro atoms. The number of carbonyl (C=O) groups is 1. The first-order valence-electron chi connectivity index (χ1n) is 7.36. The van der Waals surface area contributed by atoms with E-state index in [0.717, 1.165) is 37.2 Å². The summed E-state index contributed by atoms with van der Waals surface area (Å²) in [5, 5.41) is 3.01. The lowest BCUT2D eigenvalue weighted by Gasteiger charge is -2.19. The van der Waals surface area contributed by atoms with Gasteiger partial charge in [-0.2, -0.15) is 0 Å². The quantitative estimate of drug-likeness (QED) is 0.875. The highest BCUT2D eigenvalue weighted by atomic mass is 16.1. The van der Waals surface area contributed by atoms with Crippen LogP contribution in [0.25, 0.3) is 0 Å². The SMILES string of the molecule is CCCCC(=O)Nc1ccc(N2CCCC2)cc1C. The molecule has 1 heterocycles. The van der Waals surface area contributed by atoms with E-state index in [1.165, 1.54) is 18.5 Å². The molecule has 0 atom stereocenters. The highest BCUT2D eigenvalue weighted by Crippen LogP contribution is 2.25. The lowest BCUT2D eigenvalue weighted by molar-refractivity contribution is -0.116. The Kier molecular flexibility index (Phi) is 4.83. The van der Waals surface area contributed by atoms with Gasteiger partial charge in [0.2, 0.25) is 5.91 Å². The van der Waals surface area contributed by atoms with Crippen molar-refractivity contribution < 1.29 is 4.79 Å². The second-order valence-corrected chi connectivity index (χ2v) is 5.35. The van der Waals surface area contributed by atoms with Crippen molar-refractivity contribution in [3.05, 3.63) is 23.8 Å². The van der Waals surface area contributed by atoms with Crippen molar-refractivity contribution in [1.82, 2.24) is 0 Å². The zero-order valence-corrected chi connectivity index (χ0v) is 12.0. The second-order valence-electron chi connectivity index (χ2n) is 5.35. The van der Waals surface area contributed by atoms with Gasteiger partial charge in [-0.3, -0.25) is 4.79 Å². The minimum absolute atomic E-state index is 0.124. The van der Waals surface area contributed by atoms with E-state index < -0.39 is 0 Å². The van der Waals surface area contributed by atoms with Gasteiger partial charge in [0.25, 0.3) is 0 Å². The van der Waals surface area contributed by atoms with E-state index >= 15 is 0 Å². The number of carbonyl (C=O) groups excluding carboxylic acids is 1. The maximum Gasteiger partial charge on any atom is 0.224 e. The van der Waals surface area contributed by atoms with Crippen LogP contribution in [-0.2, 0) is 4.79 Å². The van der Waals surface area contributed by atoms with Crippen molar-refractivity contribution in [1.29, 1.82) is 0 Å². The van der Waals surface area contributed by atoms with Crippen molar-refractivity contribution in [2.24, 2.45) is 0 Å². The summed E-state index contributed by atoms with van der Waals surface area (Å²) in [7, 11) is 0. The smallest absolute Gasteiger partial charge is 0.224 e. The molecule has 1 aromatic carbocycles. The van der Waals surface area contributed by atoms with Gasteiger partial charge in [0.05, 0.1) is 0 Å². The lowest BCUT2D eigenvalue weighted by atomic mass is 10.1. The first-order chi connectivity index (χ1) is 9.20. The van der Waals surface area contributed by atoms with E-state index in [-0.39, 0.29) is 5.91 Å². The van der Waals surface area contributed by atoms with Gasteiger partial charge in [-0.25, -0.2) is 0 Å². The molecule has 0 bridgehead atoms. The molecule has 3 heteroatoms. The molecule has 2 rings (SSSR count). The molecule has 3 nitrogen and oxygen atoms in total. The molecule has 0 radical (unpaired) electrons. The number of hydrogen-bond donors (Lipinski definition) is 1. The molecule has 1 aromatic rings. The Morgan fingerprint density at radius 3 is 2.68 bits per heavy atom. The molecule has 1 N–H and O–H groups in total. The molecule has 1 aliphatic heterocycles. The fourth-order valence-electron chi connectivity index (χ4n) is 2.51. The molecule has 104 valence electrons. The Labute approximate surface area is 116 Å². The third-order valence-electron chi connectivity index (χ3n) is 3.71. The van der Waals surface area contributed by atoms with Crippen molar-refractivity contribution in [3.8, 4) is 0 Å². The number of unbranched alkanes of at least 4 members (excludes halogenated alkanes) is 1. The number of aryl methyl sites for hydroxylation is 1. The highest BCUT2D eigenvalue weighted by Gasteiger charge is 2.13. The lowest BCUT2D eigenvalue weighted by Crippen LogP contribution is -2.18. The van der Waals surface area contributed by atoms with Gasteiger partial charge < -0.3 is 10.2 Å². The van der Waals surface area contributed by atoms with E-state index in [1.807, 2.05) is 6.07 Å². The summed E-state index contributed by atoms with van der Waals surface area (Å²) in [6, 6.07) is 6.33. The normalized spacial score (nSPS) is 14.7.